The summed E-state index contributed by atoms with van der Waals surface area (Å²) in [5.74, 6) is -2.63. The molecule has 2 saturated heterocycles. The zero-order chi connectivity index (χ0) is 23.0. The lowest BCUT2D eigenvalue weighted by molar-refractivity contribution is -0.156. The number of hydrogen-bond acceptors (Lipinski definition) is 8. The zero-order valence-corrected chi connectivity index (χ0v) is 17.9. The maximum Gasteiger partial charge on any atom is 0.330 e. The van der Waals surface area contributed by atoms with Crippen LogP contribution in [0.2, 0.25) is 0 Å². The number of likely N-dealkylation sites (N-methyl/N-ethyl adjacent to an activating group) is 2. The zero-order valence-electron chi connectivity index (χ0n) is 17.9. The first-order chi connectivity index (χ1) is 13.7. The minimum Gasteiger partial charge on any atom is -0.444 e. The van der Waals surface area contributed by atoms with E-state index in [1.807, 2.05) is 0 Å². The number of carbonyl (C=O) groups excluding carboxylic acids is 6. The summed E-state index contributed by atoms with van der Waals surface area (Å²) in [4.78, 5) is 76.2. The molecule has 0 aromatic rings. The number of nitrogens with zero attached hydrogens (tertiary/aromatic N) is 4. The molecule has 166 valence electrons. The Bertz CT molecular complexity index is 740. The van der Waals surface area contributed by atoms with Crippen molar-refractivity contribution >= 4 is 35.8 Å². The molecule has 0 aromatic carbocycles. The second-order valence-electron chi connectivity index (χ2n) is 8.06. The molecule has 2 rings (SSSR count). The van der Waals surface area contributed by atoms with Crippen LogP contribution >= 0.6 is 0 Å². The van der Waals surface area contributed by atoms with Gasteiger partial charge in [-0.15, -0.1) is 0 Å². The molecule has 0 unspecified atom stereocenters. The number of imide groups is 2. The Morgan fingerprint density at radius 1 is 0.700 bits per heavy atom. The molecular weight excluding hydrogens is 400 g/mol. The lowest BCUT2D eigenvalue weighted by Crippen LogP contribution is -2.41. The third kappa shape index (κ3) is 3.94. The van der Waals surface area contributed by atoms with Crippen LogP contribution in [0.4, 0.5) is 9.59 Å². The second kappa shape index (κ2) is 7.92. The van der Waals surface area contributed by atoms with E-state index in [1.165, 1.54) is 23.9 Å². The van der Waals surface area contributed by atoms with Crippen LogP contribution in [0.3, 0.4) is 0 Å². The molecule has 0 aromatic heterocycles. The Balaban J connectivity index is 1.76. The first-order valence-corrected chi connectivity index (χ1v) is 9.23. The van der Waals surface area contributed by atoms with Crippen LogP contribution < -0.4 is 0 Å². The van der Waals surface area contributed by atoms with Crippen LogP contribution in [-0.4, -0.2) is 94.0 Å². The molecule has 0 saturated carbocycles. The van der Waals surface area contributed by atoms with Crippen molar-refractivity contribution in [3.05, 3.63) is 0 Å². The minimum absolute atomic E-state index is 0.360. The van der Waals surface area contributed by atoms with Crippen LogP contribution in [0.5, 0.6) is 0 Å². The molecule has 0 spiro atoms. The van der Waals surface area contributed by atoms with Crippen molar-refractivity contribution in [2.24, 2.45) is 0 Å². The van der Waals surface area contributed by atoms with Gasteiger partial charge in [0.25, 0.3) is 11.8 Å². The Morgan fingerprint density at radius 2 is 1.00 bits per heavy atom. The highest BCUT2D eigenvalue weighted by Gasteiger charge is 2.50. The Labute approximate surface area is 173 Å². The largest absolute Gasteiger partial charge is 0.444 e. The van der Waals surface area contributed by atoms with Crippen molar-refractivity contribution in [3.8, 4) is 0 Å². The van der Waals surface area contributed by atoms with Crippen LogP contribution in [0, 0.1) is 0 Å². The van der Waals surface area contributed by atoms with E-state index < -0.39 is 60.4 Å². The van der Waals surface area contributed by atoms with Gasteiger partial charge in [-0.3, -0.25) is 19.2 Å². The fraction of sp³-hybridized carbons (Fsp3) is 0.667. The minimum atomic E-state index is -1.04. The molecule has 0 N–H and O–H groups in total. The van der Waals surface area contributed by atoms with Gasteiger partial charge in [0, 0.05) is 14.1 Å². The predicted molar refractivity (Wildman–Crippen MR) is 99.3 cm³/mol. The summed E-state index contributed by atoms with van der Waals surface area (Å²) in [5.41, 5.74) is -2.08. The van der Waals surface area contributed by atoms with E-state index in [2.05, 4.69) is 0 Å². The van der Waals surface area contributed by atoms with E-state index in [-0.39, 0.29) is 12.8 Å². The van der Waals surface area contributed by atoms with Gasteiger partial charge in [0.2, 0.25) is 0 Å². The number of amides is 6. The molecule has 12 nitrogen and oxygen atoms in total. The van der Waals surface area contributed by atoms with E-state index in [0.29, 0.717) is 0 Å². The maximum absolute atomic E-state index is 12.2. The first kappa shape index (κ1) is 23.1. The molecular formula is C18H26N4O8. The van der Waals surface area contributed by atoms with E-state index in [9.17, 15) is 28.8 Å². The van der Waals surface area contributed by atoms with E-state index in [1.54, 1.807) is 27.7 Å². The van der Waals surface area contributed by atoms with E-state index >= 15 is 0 Å². The van der Waals surface area contributed by atoms with Gasteiger partial charge >= 0.3 is 24.0 Å². The molecule has 0 radical (unpaired) electrons. The summed E-state index contributed by atoms with van der Waals surface area (Å²) < 4.78 is 9.80. The fourth-order valence-electron chi connectivity index (χ4n) is 2.81. The van der Waals surface area contributed by atoms with Gasteiger partial charge in [-0.05, 0) is 27.7 Å². The Morgan fingerprint density at radius 3 is 1.23 bits per heavy atom. The highest BCUT2D eigenvalue weighted by Crippen LogP contribution is 2.26. The number of carbonyl (C=O) groups is 6. The second-order valence-corrected chi connectivity index (χ2v) is 8.06. The first-order valence-electron chi connectivity index (χ1n) is 9.23. The van der Waals surface area contributed by atoms with Crippen molar-refractivity contribution in [3.63, 3.8) is 0 Å². The summed E-state index contributed by atoms with van der Waals surface area (Å²) in [5, 5.41) is 0. The van der Waals surface area contributed by atoms with Gasteiger partial charge in [-0.2, -0.15) is 0 Å². The summed E-state index contributed by atoms with van der Waals surface area (Å²) >= 11 is 0. The third-order valence-electron chi connectivity index (χ3n) is 5.49. The number of hydrogen-bond donors (Lipinski definition) is 0. The topological polar surface area (TPSA) is 134 Å². The quantitative estimate of drug-likeness (QED) is 0.414. The van der Waals surface area contributed by atoms with Crippen LogP contribution in [0.15, 0.2) is 0 Å². The molecule has 2 fully saturated rings. The Kier molecular flexibility index (Phi) is 6.10. The van der Waals surface area contributed by atoms with Crippen LogP contribution in [-0.2, 0) is 28.7 Å². The van der Waals surface area contributed by atoms with Gasteiger partial charge in [0.15, 0.2) is 13.5 Å². The van der Waals surface area contributed by atoms with E-state index in [4.69, 9.17) is 9.47 Å². The summed E-state index contributed by atoms with van der Waals surface area (Å²) in [6.07, 6.45) is -0.719. The van der Waals surface area contributed by atoms with Gasteiger partial charge in [-0.1, -0.05) is 0 Å². The monoisotopic (exact) mass is 426 g/mol. The molecule has 2 heterocycles. The molecule has 0 aliphatic carbocycles. The van der Waals surface area contributed by atoms with Crippen molar-refractivity contribution in [1.82, 2.24) is 19.6 Å². The summed E-state index contributed by atoms with van der Waals surface area (Å²) in [6, 6.07) is -1.19. The van der Waals surface area contributed by atoms with Crippen molar-refractivity contribution in [2.75, 3.05) is 27.6 Å². The Hall–Kier alpha value is -3.18. The van der Waals surface area contributed by atoms with E-state index in [0.717, 1.165) is 9.80 Å². The average molecular weight is 426 g/mol. The summed E-state index contributed by atoms with van der Waals surface area (Å²) in [6.45, 7) is 5.16. The molecule has 0 atom stereocenters. The number of ether oxygens (including phenoxy) is 2. The van der Waals surface area contributed by atoms with Crippen molar-refractivity contribution < 1.29 is 38.2 Å². The van der Waals surface area contributed by atoms with Crippen LogP contribution in [0.25, 0.3) is 0 Å². The van der Waals surface area contributed by atoms with Crippen LogP contribution in [0.1, 0.15) is 40.5 Å². The fourth-order valence-corrected chi connectivity index (χ4v) is 2.81. The summed E-state index contributed by atoms with van der Waals surface area (Å²) in [7, 11) is 2.93. The van der Waals surface area contributed by atoms with Crippen molar-refractivity contribution in [2.45, 2.75) is 51.6 Å². The molecule has 12 heteroatoms. The molecule has 0 bridgehead atoms. The van der Waals surface area contributed by atoms with Gasteiger partial charge in [0.05, 0.1) is 12.8 Å². The van der Waals surface area contributed by atoms with Gasteiger partial charge in [0.1, 0.15) is 11.1 Å². The molecule has 30 heavy (non-hydrogen) atoms. The molecule has 2 aliphatic heterocycles. The molecule has 6 amide bonds. The highest BCUT2D eigenvalue weighted by molar-refractivity contribution is 6.07. The number of urea groups is 2. The lowest BCUT2D eigenvalue weighted by atomic mass is 10.1. The van der Waals surface area contributed by atoms with Gasteiger partial charge < -0.3 is 19.3 Å². The van der Waals surface area contributed by atoms with Gasteiger partial charge in [-0.25, -0.2) is 19.4 Å². The standard InChI is InChI=1S/C18H26N4O8/c1-17(2)13(25)21(15(27)19(17)5)9-29-11(23)7-8-12(24)30-10-22-14(26)18(3,4)20(6)16(22)28/h7-10H2,1-6H3. The molecule has 2 aliphatic rings. The van der Waals surface area contributed by atoms with Crippen molar-refractivity contribution in [1.29, 1.82) is 0 Å². The average Bonchev–Trinajstić information content (AvgIpc) is 2.92. The third-order valence-corrected chi connectivity index (χ3v) is 5.49. The number of rotatable bonds is 7. The predicted octanol–water partition coefficient (Wildman–Crippen LogP) is 0.113. The highest BCUT2D eigenvalue weighted by atomic mass is 16.6. The lowest BCUT2D eigenvalue weighted by Gasteiger charge is -2.22. The normalized spacial score (nSPS) is 20.3. The number of esters is 2. The SMILES string of the molecule is CN1C(=O)N(COC(=O)CCC(=O)OCN2C(=O)N(C)C(C)(C)C2=O)C(=O)C1(C)C. The smallest absolute Gasteiger partial charge is 0.330 e. The maximum atomic E-state index is 12.2.